The fraction of sp³-hybridized carbons (Fsp3) is 0.316. The summed E-state index contributed by atoms with van der Waals surface area (Å²) in [5.41, 5.74) is 0.428. The van der Waals surface area contributed by atoms with Crippen LogP contribution in [0.4, 0.5) is 18.3 Å². The summed E-state index contributed by atoms with van der Waals surface area (Å²) >= 11 is 1.03. The van der Waals surface area contributed by atoms with Crippen molar-refractivity contribution in [1.82, 2.24) is 14.3 Å². The highest BCUT2D eigenvalue weighted by Crippen LogP contribution is 2.32. The lowest BCUT2D eigenvalue weighted by atomic mass is 9.97. The fourth-order valence-electron chi connectivity index (χ4n) is 3.37. The lowest BCUT2D eigenvalue weighted by molar-refractivity contribution is -0.274. The van der Waals surface area contributed by atoms with Crippen molar-refractivity contribution >= 4 is 42.6 Å². The molecule has 1 aliphatic heterocycles. The molecule has 1 aliphatic rings. The van der Waals surface area contributed by atoms with Gasteiger partial charge in [0.2, 0.25) is 15.9 Å². The molecule has 0 radical (unpaired) electrons. The summed E-state index contributed by atoms with van der Waals surface area (Å²) in [5.74, 6) is -1.09. The molecule has 2 aromatic heterocycles. The maximum absolute atomic E-state index is 12.7. The van der Waals surface area contributed by atoms with Crippen LogP contribution >= 0.6 is 11.3 Å². The van der Waals surface area contributed by atoms with Crippen molar-refractivity contribution in [3.63, 3.8) is 0 Å². The van der Waals surface area contributed by atoms with Gasteiger partial charge in [-0.3, -0.25) is 9.78 Å². The topological polar surface area (TPSA) is 101 Å². The van der Waals surface area contributed by atoms with E-state index in [1.165, 1.54) is 34.9 Å². The number of pyridine rings is 1. The van der Waals surface area contributed by atoms with Crippen LogP contribution in [0.15, 0.2) is 47.6 Å². The number of nitrogens with one attached hydrogen (secondary N) is 1. The number of alkyl halides is 3. The van der Waals surface area contributed by atoms with E-state index in [1.807, 2.05) is 0 Å². The van der Waals surface area contributed by atoms with Gasteiger partial charge in [0.25, 0.3) is 0 Å². The minimum atomic E-state index is -4.80. The van der Waals surface area contributed by atoms with Crippen LogP contribution in [0, 0.1) is 5.92 Å². The lowest BCUT2D eigenvalue weighted by Crippen LogP contribution is -2.41. The molecule has 3 aromatic rings. The minimum absolute atomic E-state index is 0.103. The minimum Gasteiger partial charge on any atom is -0.406 e. The van der Waals surface area contributed by atoms with Gasteiger partial charge in [-0.15, -0.1) is 13.2 Å². The maximum atomic E-state index is 12.7. The molecule has 8 nitrogen and oxygen atoms in total. The molecule has 0 saturated carbocycles. The lowest BCUT2D eigenvalue weighted by Gasteiger charge is -2.30. The molecule has 1 saturated heterocycles. The molecule has 3 heterocycles. The Labute approximate surface area is 185 Å². The maximum Gasteiger partial charge on any atom is 0.573 e. The monoisotopic (exact) mass is 486 g/mol. The number of halogens is 3. The average molecular weight is 486 g/mol. The first-order chi connectivity index (χ1) is 15.1. The van der Waals surface area contributed by atoms with Crippen LogP contribution in [0.1, 0.15) is 12.8 Å². The molecule has 170 valence electrons. The molecular formula is C19H17F3N4O4S2. The highest BCUT2D eigenvalue weighted by molar-refractivity contribution is 7.89. The van der Waals surface area contributed by atoms with Gasteiger partial charge in [-0.2, -0.15) is 4.31 Å². The average Bonchev–Trinajstić information content (AvgIpc) is 3.14. The molecule has 0 bridgehead atoms. The molecule has 0 aliphatic carbocycles. The van der Waals surface area contributed by atoms with Crippen LogP contribution in [-0.2, 0) is 14.8 Å². The molecule has 1 aromatic carbocycles. The number of aromatic nitrogens is 2. The third kappa shape index (κ3) is 5.00. The van der Waals surface area contributed by atoms with Gasteiger partial charge in [0.15, 0.2) is 5.13 Å². The second-order valence-electron chi connectivity index (χ2n) is 7.05. The number of carbonyl (C=O) groups is 1. The number of sulfonamides is 1. The van der Waals surface area contributed by atoms with E-state index in [0.717, 1.165) is 17.4 Å². The Morgan fingerprint density at radius 1 is 1.22 bits per heavy atom. The van der Waals surface area contributed by atoms with Crippen LogP contribution < -0.4 is 10.1 Å². The van der Waals surface area contributed by atoms with Gasteiger partial charge in [0.1, 0.15) is 10.6 Å². The predicted molar refractivity (Wildman–Crippen MR) is 111 cm³/mol. The summed E-state index contributed by atoms with van der Waals surface area (Å²) in [6, 6.07) is 6.75. The zero-order valence-electron chi connectivity index (χ0n) is 16.4. The third-order valence-corrected chi connectivity index (χ3v) is 7.74. The number of anilines is 1. The predicted octanol–water partition coefficient (Wildman–Crippen LogP) is 3.63. The van der Waals surface area contributed by atoms with Crippen LogP contribution in [0.3, 0.4) is 0 Å². The Kier molecular flexibility index (Phi) is 6.05. The van der Waals surface area contributed by atoms with Gasteiger partial charge < -0.3 is 10.1 Å². The van der Waals surface area contributed by atoms with E-state index in [2.05, 4.69) is 20.0 Å². The van der Waals surface area contributed by atoms with Crippen molar-refractivity contribution in [1.29, 1.82) is 0 Å². The Bertz CT molecular complexity index is 1220. The number of rotatable bonds is 5. The van der Waals surface area contributed by atoms with E-state index in [0.29, 0.717) is 23.1 Å². The first-order valence-corrected chi connectivity index (χ1v) is 11.7. The number of amides is 1. The van der Waals surface area contributed by atoms with E-state index >= 15 is 0 Å². The highest BCUT2D eigenvalue weighted by Gasteiger charge is 2.33. The van der Waals surface area contributed by atoms with E-state index in [9.17, 15) is 26.4 Å². The van der Waals surface area contributed by atoms with Crippen molar-refractivity contribution in [2.75, 3.05) is 18.4 Å². The van der Waals surface area contributed by atoms with Gasteiger partial charge >= 0.3 is 6.36 Å². The number of nitrogens with zero attached hydrogens (tertiary/aromatic N) is 3. The molecule has 0 unspecified atom stereocenters. The van der Waals surface area contributed by atoms with E-state index in [4.69, 9.17) is 0 Å². The van der Waals surface area contributed by atoms with Crippen LogP contribution in [0.2, 0.25) is 0 Å². The first kappa shape index (κ1) is 22.4. The molecule has 13 heteroatoms. The van der Waals surface area contributed by atoms with Crippen LogP contribution in [0.25, 0.3) is 10.2 Å². The summed E-state index contributed by atoms with van der Waals surface area (Å²) in [6.07, 6.45) is -1.36. The molecule has 0 atom stereocenters. The van der Waals surface area contributed by atoms with Gasteiger partial charge in [-0.05, 0) is 37.1 Å². The SMILES string of the molecule is O=C(Nc1nc2ccc(OC(F)(F)F)cc2s1)C1CCN(S(=O)(=O)c2cccnc2)CC1. The van der Waals surface area contributed by atoms with Gasteiger partial charge in [0.05, 0.1) is 10.2 Å². The van der Waals surface area contributed by atoms with E-state index in [1.54, 1.807) is 6.07 Å². The standard InChI is InChI=1S/C19H17F3N4O4S2/c20-19(21,22)30-13-3-4-15-16(10-13)31-18(24-15)25-17(27)12-5-8-26(9-6-12)32(28,29)14-2-1-7-23-11-14/h1-4,7,10-12H,5-6,8-9H2,(H,24,25,27). The molecule has 1 N–H and O–H groups in total. The van der Waals surface area contributed by atoms with E-state index in [-0.39, 0.29) is 34.8 Å². The van der Waals surface area contributed by atoms with Gasteiger partial charge in [-0.1, -0.05) is 11.3 Å². The third-order valence-electron chi connectivity index (χ3n) is 4.92. The number of carbonyl (C=O) groups excluding carboxylic acids is 1. The number of hydrogen-bond donors (Lipinski definition) is 1. The number of benzene rings is 1. The molecule has 32 heavy (non-hydrogen) atoms. The van der Waals surface area contributed by atoms with Gasteiger partial charge in [0, 0.05) is 37.5 Å². The van der Waals surface area contributed by atoms with Crippen molar-refractivity contribution in [3.8, 4) is 5.75 Å². The number of fused-ring (bicyclic) bond motifs is 1. The highest BCUT2D eigenvalue weighted by atomic mass is 32.2. The first-order valence-electron chi connectivity index (χ1n) is 9.49. The molecule has 4 rings (SSSR count). The van der Waals surface area contributed by atoms with Crippen molar-refractivity contribution in [2.24, 2.45) is 5.92 Å². The quantitative estimate of drug-likeness (QED) is 0.591. The zero-order valence-corrected chi connectivity index (χ0v) is 18.0. The molecule has 0 spiro atoms. The van der Waals surface area contributed by atoms with Crippen LogP contribution in [0.5, 0.6) is 5.75 Å². The summed E-state index contributed by atoms with van der Waals surface area (Å²) in [6.45, 7) is 0.376. The number of thiazole rings is 1. The molecular weight excluding hydrogens is 469 g/mol. The summed E-state index contributed by atoms with van der Waals surface area (Å²) in [4.78, 5) is 20.8. The van der Waals surface area contributed by atoms with Crippen molar-refractivity contribution in [2.45, 2.75) is 24.1 Å². The Hall–Kier alpha value is -2.77. The van der Waals surface area contributed by atoms with Crippen molar-refractivity contribution in [3.05, 3.63) is 42.7 Å². The second-order valence-corrected chi connectivity index (χ2v) is 10.0. The Morgan fingerprint density at radius 2 is 1.97 bits per heavy atom. The van der Waals surface area contributed by atoms with E-state index < -0.39 is 22.3 Å². The smallest absolute Gasteiger partial charge is 0.406 e. The second kappa shape index (κ2) is 8.64. The number of ether oxygens (including phenoxy) is 1. The summed E-state index contributed by atoms with van der Waals surface area (Å²) in [7, 11) is -3.67. The summed E-state index contributed by atoms with van der Waals surface area (Å²) < 4.78 is 68.1. The van der Waals surface area contributed by atoms with Crippen LogP contribution in [-0.4, -0.2) is 48.1 Å². The Balaban J connectivity index is 1.38. The fourth-order valence-corrected chi connectivity index (χ4v) is 5.70. The van der Waals surface area contributed by atoms with Gasteiger partial charge in [-0.25, -0.2) is 13.4 Å². The summed E-state index contributed by atoms with van der Waals surface area (Å²) in [5, 5.41) is 2.93. The zero-order chi connectivity index (χ0) is 22.9. The normalized spacial score (nSPS) is 16.2. The molecule has 1 fully saturated rings. The number of piperidine rings is 1. The Morgan fingerprint density at radius 3 is 2.62 bits per heavy atom. The van der Waals surface area contributed by atoms with Crippen molar-refractivity contribution < 1.29 is 31.1 Å². The largest absolute Gasteiger partial charge is 0.573 e. The molecule has 1 amide bonds. The number of hydrogen-bond acceptors (Lipinski definition) is 7.